The molecule has 0 spiro atoms. The summed E-state index contributed by atoms with van der Waals surface area (Å²) in [5.41, 5.74) is 0. The molecule has 0 saturated heterocycles. The van der Waals surface area contributed by atoms with Gasteiger partial charge in [0, 0.05) is 11.8 Å². The van der Waals surface area contributed by atoms with Gasteiger partial charge in [0.05, 0.1) is 5.75 Å². The molecule has 0 aliphatic heterocycles. The van der Waals surface area contributed by atoms with E-state index in [4.69, 9.17) is 16.7 Å². The van der Waals surface area contributed by atoms with Crippen LogP contribution >= 0.6 is 11.6 Å². The zero-order valence-corrected chi connectivity index (χ0v) is 12.7. The van der Waals surface area contributed by atoms with Crippen molar-refractivity contribution in [3.05, 3.63) is 17.0 Å². The molecular weight excluding hydrogens is 306 g/mol. The largest absolute Gasteiger partial charge is 0.480 e. The second-order valence-electron chi connectivity index (χ2n) is 4.18. The van der Waals surface area contributed by atoms with E-state index in [1.54, 1.807) is 6.92 Å². The SMILES string of the molecule is CCS(=O)(=O)CCC(Nc1cc(Cl)nc(C)n1)C(=O)O. The maximum Gasteiger partial charge on any atom is 0.326 e. The maximum absolute atomic E-state index is 11.4. The van der Waals surface area contributed by atoms with Crippen LogP contribution in [0.2, 0.25) is 5.15 Å². The molecule has 0 aliphatic carbocycles. The van der Waals surface area contributed by atoms with Crippen LogP contribution in [-0.4, -0.2) is 47.0 Å². The highest BCUT2D eigenvalue weighted by atomic mass is 35.5. The first-order valence-corrected chi connectivity index (χ1v) is 8.14. The average molecular weight is 322 g/mol. The first-order valence-electron chi connectivity index (χ1n) is 5.94. The number of sulfone groups is 1. The summed E-state index contributed by atoms with van der Waals surface area (Å²) in [5, 5.41) is 12.0. The lowest BCUT2D eigenvalue weighted by Crippen LogP contribution is -2.32. The van der Waals surface area contributed by atoms with Crippen LogP contribution in [0.3, 0.4) is 0 Å². The molecule has 1 aromatic heterocycles. The minimum atomic E-state index is -3.22. The highest BCUT2D eigenvalue weighted by Gasteiger charge is 2.21. The van der Waals surface area contributed by atoms with Crippen molar-refractivity contribution in [3.63, 3.8) is 0 Å². The van der Waals surface area contributed by atoms with Crippen LogP contribution in [-0.2, 0) is 14.6 Å². The number of carboxylic acids is 1. The van der Waals surface area contributed by atoms with E-state index in [0.717, 1.165) is 0 Å². The Hall–Kier alpha value is -1.41. The Morgan fingerprint density at radius 2 is 2.15 bits per heavy atom. The van der Waals surface area contributed by atoms with Gasteiger partial charge in [0.25, 0.3) is 0 Å². The van der Waals surface area contributed by atoms with E-state index in [0.29, 0.717) is 5.82 Å². The first kappa shape index (κ1) is 16.6. The minimum absolute atomic E-state index is 0.0161. The number of aryl methyl sites for hydroxylation is 1. The van der Waals surface area contributed by atoms with Gasteiger partial charge in [-0.05, 0) is 13.3 Å². The highest BCUT2D eigenvalue weighted by Crippen LogP contribution is 2.13. The smallest absolute Gasteiger partial charge is 0.326 e. The molecule has 112 valence electrons. The van der Waals surface area contributed by atoms with E-state index in [-0.39, 0.29) is 28.9 Å². The Bertz CT molecular complexity index is 571. The van der Waals surface area contributed by atoms with Gasteiger partial charge in [0.1, 0.15) is 32.7 Å². The number of hydrogen-bond acceptors (Lipinski definition) is 6. The molecule has 1 rings (SSSR count). The summed E-state index contributed by atoms with van der Waals surface area (Å²) in [6.45, 7) is 3.14. The Labute approximate surface area is 122 Å². The molecular formula is C11H16ClN3O4S. The average Bonchev–Trinajstić information content (AvgIpc) is 2.33. The molecule has 9 heteroatoms. The third-order valence-corrected chi connectivity index (χ3v) is 4.52. The minimum Gasteiger partial charge on any atom is -0.480 e. The molecule has 1 unspecified atom stereocenters. The standard InChI is InChI=1S/C11H16ClN3O4S/c1-3-20(18,19)5-4-8(11(16)17)15-10-6-9(12)13-7(2)14-10/h6,8H,3-5H2,1-2H3,(H,16,17)(H,13,14,15). The van der Waals surface area contributed by atoms with Crippen LogP contribution in [0.1, 0.15) is 19.2 Å². The zero-order valence-electron chi connectivity index (χ0n) is 11.1. The molecule has 7 nitrogen and oxygen atoms in total. The van der Waals surface area contributed by atoms with E-state index in [1.807, 2.05) is 0 Å². The predicted molar refractivity (Wildman–Crippen MR) is 75.8 cm³/mol. The lowest BCUT2D eigenvalue weighted by Gasteiger charge is -2.15. The molecule has 0 aliphatic rings. The fraction of sp³-hybridized carbons (Fsp3) is 0.545. The van der Waals surface area contributed by atoms with E-state index in [2.05, 4.69) is 15.3 Å². The van der Waals surface area contributed by atoms with Crippen molar-refractivity contribution >= 4 is 33.2 Å². The molecule has 0 fully saturated rings. The van der Waals surface area contributed by atoms with Crippen molar-refractivity contribution in [2.75, 3.05) is 16.8 Å². The lowest BCUT2D eigenvalue weighted by molar-refractivity contribution is -0.137. The van der Waals surface area contributed by atoms with Crippen LogP contribution in [0, 0.1) is 6.92 Å². The molecule has 0 aromatic carbocycles. The highest BCUT2D eigenvalue weighted by molar-refractivity contribution is 7.91. The van der Waals surface area contributed by atoms with Crippen molar-refractivity contribution in [3.8, 4) is 0 Å². The van der Waals surface area contributed by atoms with Crippen molar-refractivity contribution in [1.82, 2.24) is 9.97 Å². The number of nitrogens with zero attached hydrogens (tertiary/aromatic N) is 2. The van der Waals surface area contributed by atoms with Gasteiger partial charge in [-0.15, -0.1) is 0 Å². The van der Waals surface area contributed by atoms with E-state index in [9.17, 15) is 13.2 Å². The molecule has 0 saturated carbocycles. The van der Waals surface area contributed by atoms with Gasteiger partial charge in [-0.1, -0.05) is 18.5 Å². The number of carbonyl (C=O) groups is 1. The fourth-order valence-electron chi connectivity index (χ4n) is 1.48. The quantitative estimate of drug-likeness (QED) is 0.724. The predicted octanol–water partition coefficient (Wildman–Crippen LogP) is 1.13. The monoisotopic (exact) mass is 321 g/mol. The molecule has 1 aromatic rings. The third kappa shape index (κ3) is 5.30. The number of nitrogens with one attached hydrogen (secondary N) is 1. The number of carboxylic acid groups (broad SMARTS) is 1. The van der Waals surface area contributed by atoms with E-state index >= 15 is 0 Å². The van der Waals surface area contributed by atoms with Gasteiger partial charge >= 0.3 is 5.97 Å². The second kappa shape index (κ2) is 6.85. The summed E-state index contributed by atoms with van der Waals surface area (Å²) in [5.74, 6) is -0.721. The molecule has 2 N–H and O–H groups in total. The zero-order chi connectivity index (χ0) is 15.3. The Kier molecular flexibility index (Phi) is 5.70. The van der Waals surface area contributed by atoms with Gasteiger partial charge < -0.3 is 10.4 Å². The van der Waals surface area contributed by atoms with Gasteiger partial charge in [-0.3, -0.25) is 0 Å². The van der Waals surface area contributed by atoms with Crippen molar-refractivity contribution in [2.45, 2.75) is 26.3 Å². The Morgan fingerprint density at radius 3 is 2.65 bits per heavy atom. The van der Waals surface area contributed by atoms with Gasteiger partial charge in [0.15, 0.2) is 0 Å². The van der Waals surface area contributed by atoms with Crippen molar-refractivity contribution in [2.24, 2.45) is 0 Å². The second-order valence-corrected chi connectivity index (χ2v) is 7.04. The number of rotatable bonds is 7. The normalized spacial score (nSPS) is 12.9. The van der Waals surface area contributed by atoms with Crippen molar-refractivity contribution in [1.29, 1.82) is 0 Å². The van der Waals surface area contributed by atoms with E-state index in [1.165, 1.54) is 13.0 Å². The number of hydrogen-bond donors (Lipinski definition) is 2. The van der Waals surface area contributed by atoms with Crippen molar-refractivity contribution < 1.29 is 18.3 Å². The van der Waals surface area contributed by atoms with Crippen LogP contribution in [0.15, 0.2) is 6.07 Å². The molecule has 0 bridgehead atoms. The number of halogens is 1. The van der Waals surface area contributed by atoms with E-state index < -0.39 is 21.8 Å². The molecule has 0 amide bonds. The lowest BCUT2D eigenvalue weighted by atomic mass is 10.2. The summed E-state index contributed by atoms with van der Waals surface area (Å²) in [7, 11) is -3.22. The number of anilines is 1. The Balaban J connectivity index is 2.80. The van der Waals surface area contributed by atoms with Crippen LogP contribution < -0.4 is 5.32 Å². The topological polar surface area (TPSA) is 109 Å². The first-order chi connectivity index (χ1) is 9.23. The fourth-order valence-corrected chi connectivity index (χ4v) is 2.59. The third-order valence-electron chi connectivity index (χ3n) is 2.58. The summed E-state index contributed by atoms with van der Waals surface area (Å²) in [6.07, 6.45) is -0.0494. The van der Waals surface area contributed by atoms with Gasteiger partial charge in [-0.2, -0.15) is 0 Å². The Morgan fingerprint density at radius 1 is 1.50 bits per heavy atom. The van der Waals surface area contributed by atoms with Gasteiger partial charge in [-0.25, -0.2) is 23.2 Å². The summed E-state index contributed by atoms with van der Waals surface area (Å²) in [4.78, 5) is 19.0. The van der Waals surface area contributed by atoms with Crippen LogP contribution in [0.4, 0.5) is 5.82 Å². The summed E-state index contributed by atoms with van der Waals surface area (Å²) in [6, 6.07) is 0.334. The molecule has 1 heterocycles. The van der Waals surface area contributed by atoms with Gasteiger partial charge in [0.2, 0.25) is 0 Å². The number of aliphatic carboxylic acids is 1. The summed E-state index contributed by atoms with van der Waals surface area (Å²) >= 11 is 5.75. The maximum atomic E-state index is 11.4. The molecule has 20 heavy (non-hydrogen) atoms. The molecule has 1 atom stereocenters. The van der Waals surface area contributed by atoms with Crippen LogP contribution in [0.25, 0.3) is 0 Å². The number of aromatic nitrogens is 2. The summed E-state index contributed by atoms with van der Waals surface area (Å²) < 4.78 is 22.8. The molecule has 0 radical (unpaired) electrons. The van der Waals surface area contributed by atoms with Crippen LogP contribution in [0.5, 0.6) is 0 Å².